The van der Waals surface area contributed by atoms with Gasteiger partial charge < -0.3 is 9.97 Å². The number of benzene rings is 4. The van der Waals surface area contributed by atoms with Crippen molar-refractivity contribution in [1.29, 1.82) is 0 Å². The van der Waals surface area contributed by atoms with Crippen LogP contribution in [0.2, 0.25) is 0 Å². The summed E-state index contributed by atoms with van der Waals surface area (Å²) in [4.78, 5) is 15.9. The molecule has 2 aliphatic heterocycles. The molecule has 0 atom stereocenters. The number of hydrogen-bond acceptors (Lipinski definition) is 2. The summed E-state index contributed by atoms with van der Waals surface area (Å²) in [7, 11) is 0. The predicted octanol–water partition coefficient (Wildman–Crippen LogP) is 10.4. The SMILES string of the molecule is [Mn].[c-]1c2ccc(cc3nc(cc4nc(cc5ccc1[nH]5)C=C4)C=C3)[nH]2.[c-]1ccccc1.[c-]1ccccc1.[c-]1ccccc1.[c-]1ccccc1. The van der Waals surface area contributed by atoms with Crippen LogP contribution in [0.25, 0.3) is 46.4 Å². The second kappa shape index (κ2) is 21.0. The molecule has 5 heterocycles. The molecular weight excluding hydrogens is 639 g/mol. The molecule has 0 spiro atoms. The fourth-order valence-electron chi connectivity index (χ4n) is 4.23. The van der Waals surface area contributed by atoms with Gasteiger partial charge in [0.2, 0.25) is 0 Å². The Kier molecular flexibility index (Phi) is 15.4. The molecule has 2 N–H and O–H groups in total. The smallest absolute Gasteiger partial charge is 0.0659 e. The summed E-state index contributed by atoms with van der Waals surface area (Å²) in [5, 5.41) is 0. The van der Waals surface area contributed by atoms with E-state index in [4.69, 9.17) is 0 Å². The Morgan fingerprint density at radius 2 is 0.673 bits per heavy atom. The van der Waals surface area contributed by atoms with Crippen LogP contribution in [0.15, 0.2) is 164 Å². The molecule has 0 aliphatic carbocycles. The quantitative estimate of drug-likeness (QED) is 0.124. The van der Waals surface area contributed by atoms with Crippen molar-refractivity contribution in [1.82, 2.24) is 19.9 Å². The second-order valence-corrected chi connectivity index (χ2v) is 10.1. The third-order valence-corrected chi connectivity index (χ3v) is 6.38. The number of rotatable bonds is 0. The van der Waals surface area contributed by atoms with Crippen molar-refractivity contribution < 1.29 is 17.1 Å². The third kappa shape index (κ3) is 13.7. The zero-order valence-corrected chi connectivity index (χ0v) is 27.9. The van der Waals surface area contributed by atoms with Crippen LogP contribution in [0.4, 0.5) is 0 Å². The van der Waals surface area contributed by atoms with E-state index in [1.165, 1.54) is 0 Å². The van der Waals surface area contributed by atoms with Crippen molar-refractivity contribution in [3.8, 4) is 0 Å². The number of nitrogens with one attached hydrogen (secondary N) is 2. The van der Waals surface area contributed by atoms with Gasteiger partial charge >= 0.3 is 0 Å². The number of fused-ring (bicyclic) bond motifs is 8. The summed E-state index contributed by atoms with van der Waals surface area (Å²) in [6.07, 6.45) is 8.01. The van der Waals surface area contributed by atoms with Gasteiger partial charge in [0, 0.05) is 28.1 Å². The van der Waals surface area contributed by atoms with E-state index in [0.717, 1.165) is 44.8 Å². The topological polar surface area (TPSA) is 57.4 Å². The van der Waals surface area contributed by atoms with Crippen LogP contribution in [-0.2, 0) is 17.1 Å². The minimum absolute atomic E-state index is 0. The van der Waals surface area contributed by atoms with Gasteiger partial charge in [-0.15, -0.1) is 18.2 Å². The Labute approximate surface area is 299 Å². The Morgan fingerprint density at radius 1 is 0.367 bits per heavy atom. The molecule has 3 aromatic heterocycles. The van der Waals surface area contributed by atoms with Gasteiger partial charge in [0.25, 0.3) is 0 Å². The van der Waals surface area contributed by atoms with E-state index in [1.807, 2.05) is 188 Å². The molecule has 8 bridgehead atoms. The average Bonchev–Trinajstić information content (AvgIpc) is 4.00. The maximum absolute atomic E-state index is 4.61. The zero-order valence-electron chi connectivity index (χ0n) is 26.7. The van der Waals surface area contributed by atoms with E-state index in [1.54, 1.807) is 0 Å². The number of aromatic amines is 2. The molecule has 5 heteroatoms. The van der Waals surface area contributed by atoms with Gasteiger partial charge in [-0.3, -0.25) is 0 Å². The number of hydrogen-bond donors (Lipinski definition) is 2. The first-order chi connectivity index (χ1) is 23.8. The summed E-state index contributed by atoms with van der Waals surface area (Å²) in [6, 6.07) is 67.4. The monoisotopic (exact) mass is 672 g/mol. The molecule has 241 valence electrons. The molecule has 2 aliphatic rings. The fraction of sp³-hybridized carbons (Fsp3) is 0. The van der Waals surface area contributed by atoms with Crippen LogP contribution in [0.3, 0.4) is 0 Å². The van der Waals surface area contributed by atoms with Crippen molar-refractivity contribution in [2.75, 3.05) is 0 Å². The van der Waals surface area contributed by atoms with Crippen LogP contribution in [0, 0.1) is 30.3 Å². The molecular formula is C44H33MnN4-5. The molecule has 49 heavy (non-hydrogen) atoms. The van der Waals surface area contributed by atoms with Gasteiger partial charge in [-0.25, -0.2) is 9.97 Å². The summed E-state index contributed by atoms with van der Waals surface area (Å²) in [5.41, 5.74) is 7.50. The normalized spacial score (nSPS) is 10.1. The van der Waals surface area contributed by atoms with Gasteiger partial charge in [0.05, 0.1) is 22.8 Å². The molecule has 0 saturated carbocycles. The minimum Gasteiger partial charge on any atom is -0.379 e. The van der Waals surface area contributed by atoms with Gasteiger partial charge in [-0.1, -0.05) is 23.2 Å². The average molecular weight is 673 g/mol. The van der Waals surface area contributed by atoms with E-state index in [0.29, 0.717) is 0 Å². The molecule has 1 radical (unpaired) electrons. The first-order valence-electron chi connectivity index (χ1n) is 15.4. The molecule has 0 fully saturated rings. The van der Waals surface area contributed by atoms with Crippen LogP contribution in [0.5, 0.6) is 0 Å². The summed E-state index contributed by atoms with van der Waals surface area (Å²) < 4.78 is 0. The fourth-order valence-corrected chi connectivity index (χ4v) is 4.23. The summed E-state index contributed by atoms with van der Waals surface area (Å²) in [5.74, 6) is 0. The maximum atomic E-state index is 4.61. The summed E-state index contributed by atoms with van der Waals surface area (Å²) in [6.45, 7) is 0. The van der Waals surface area contributed by atoms with Crippen molar-refractivity contribution in [3.63, 3.8) is 0 Å². The summed E-state index contributed by atoms with van der Waals surface area (Å²) >= 11 is 0. The second-order valence-electron chi connectivity index (χ2n) is 10.1. The third-order valence-electron chi connectivity index (χ3n) is 6.38. The Bertz CT molecular complexity index is 1800. The molecule has 0 saturated heterocycles. The van der Waals surface area contributed by atoms with Gasteiger partial charge in [0.1, 0.15) is 0 Å². The van der Waals surface area contributed by atoms with Crippen molar-refractivity contribution in [2.45, 2.75) is 0 Å². The van der Waals surface area contributed by atoms with Crippen LogP contribution in [-0.4, -0.2) is 19.9 Å². The van der Waals surface area contributed by atoms with Crippen LogP contribution in [0.1, 0.15) is 22.8 Å². The van der Waals surface area contributed by atoms with E-state index in [-0.39, 0.29) is 17.1 Å². The molecule has 9 rings (SSSR count). The number of nitrogens with zero attached hydrogens (tertiary/aromatic N) is 2. The minimum atomic E-state index is 0. The van der Waals surface area contributed by atoms with E-state index < -0.39 is 0 Å². The largest absolute Gasteiger partial charge is 0.379 e. The van der Waals surface area contributed by atoms with Crippen molar-refractivity contribution in [3.05, 3.63) is 217 Å². The standard InChI is InChI=1S/C20H13N4.4C6H5.Mn/c1-2-14-10-16-5-6-18(23-16)12-20-8-7-19(24-20)11-17-4-3-15(22-17)9-13(1)21-14;4*1-2-4-6-5-3-1;/h1-11,23-24H;4*1-5H;/q5*-1;. The van der Waals surface area contributed by atoms with E-state index in [2.05, 4.69) is 50.3 Å². The van der Waals surface area contributed by atoms with Crippen LogP contribution < -0.4 is 0 Å². The Morgan fingerprint density at radius 3 is 0.939 bits per heavy atom. The molecule has 4 nitrogen and oxygen atoms in total. The van der Waals surface area contributed by atoms with Gasteiger partial charge in [-0.2, -0.15) is 146 Å². The van der Waals surface area contributed by atoms with Gasteiger partial charge in [0.15, 0.2) is 0 Å². The van der Waals surface area contributed by atoms with E-state index >= 15 is 0 Å². The van der Waals surface area contributed by atoms with Gasteiger partial charge in [-0.05, 0) is 42.5 Å². The molecule has 4 aromatic carbocycles. The zero-order chi connectivity index (χ0) is 32.9. The number of aromatic nitrogens is 4. The van der Waals surface area contributed by atoms with Crippen LogP contribution >= 0.6 is 0 Å². The molecule has 0 amide bonds. The Balaban J connectivity index is 0.000000175. The predicted molar refractivity (Wildman–Crippen MR) is 199 cm³/mol. The number of H-pyrrole nitrogens is 2. The van der Waals surface area contributed by atoms with E-state index in [9.17, 15) is 0 Å². The maximum Gasteiger partial charge on any atom is 0.0659 e. The first kappa shape index (κ1) is 35.8. The first-order valence-corrected chi connectivity index (χ1v) is 15.4. The van der Waals surface area contributed by atoms with Crippen molar-refractivity contribution >= 4 is 46.4 Å². The molecule has 7 aromatic rings. The Hall–Kier alpha value is -6.00. The van der Waals surface area contributed by atoms with Crippen molar-refractivity contribution in [2.24, 2.45) is 0 Å². The molecule has 0 unspecified atom stereocenters.